The van der Waals surface area contributed by atoms with Gasteiger partial charge in [-0.1, -0.05) is 78.9 Å². The number of aryl methyl sites for hydroxylation is 3. The molecule has 5 nitrogen and oxygen atoms in total. The van der Waals surface area contributed by atoms with Gasteiger partial charge in [-0.15, -0.1) is 0 Å². The van der Waals surface area contributed by atoms with Crippen LogP contribution in [0.1, 0.15) is 28.9 Å². The summed E-state index contributed by atoms with van der Waals surface area (Å²) < 4.78 is 8.34. The topological polar surface area (TPSA) is 56.1 Å². The number of nitrogens with one attached hydrogen (secondary N) is 1. The van der Waals surface area contributed by atoms with E-state index in [4.69, 9.17) is 9.72 Å². The standard InChI is InChI=1S/C34H35N3O2/c1-25-13-14-26(2)32(23-25)39-22-8-21-37-31-12-7-6-11-30(31)36-33(37)19-20-35-34(38)24-27-15-17-29(18-16-27)28-9-4-3-5-10-28/h3-7,9-18,23H,8,19-22,24H2,1-2H3,(H,35,38). The van der Waals surface area contributed by atoms with Gasteiger partial charge in [-0.25, -0.2) is 4.98 Å². The molecule has 4 aromatic carbocycles. The van der Waals surface area contributed by atoms with E-state index < -0.39 is 0 Å². The molecule has 0 fully saturated rings. The number of para-hydroxylation sites is 2. The number of ether oxygens (including phenoxy) is 1. The van der Waals surface area contributed by atoms with Crippen LogP contribution >= 0.6 is 0 Å². The minimum atomic E-state index is 0.0204. The third kappa shape index (κ3) is 6.74. The van der Waals surface area contributed by atoms with Gasteiger partial charge in [-0.2, -0.15) is 0 Å². The summed E-state index contributed by atoms with van der Waals surface area (Å²) in [7, 11) is 0. The van der Waals surface area contributed by atoms with Crippen LogP contribution in [0.3, 0.4) is 0 Å². The van der Waals surface area contributed by atoms with Crippen LogP contribution in [-0.4, -0.2) is 28.6 Å². The molecular formula is C34H35N3O2. The molecule has 0 bridgehead atoms. The van der Waals surface area contributed by atoms with Crippen LogP contribution in [0.2, 0.25) is 0 Å². The molecular weight excluding hydrogens is 482 g/mol. The number of hydrogen-bond donors (Lipinski definition) is 1. The van der Waals surface area contributed by atoms with Crippen molar-refractivity contribution in [1.82, 2.24) is 14.9 Å². The average Bonchev–Trinajstić information content (AvgIpc) is 3.31. The lowest BCUT2D eigenvalue weighted by atomic mass is 10.0. The highest BCUT2D eigenvalue weighted by Crippen LogP contribution is 2.21. The first-order valence-electron chi connectivity index (χ1n) is 13.6. The van der Waals surface area contributed by atoms with Crippen molar-refractivity contribution in [3.05, 3.63) is 120 Å². The predicted molar refractivity (Wildman–Crippen MR) is 158 cm³/mol. The highest BCUT2D eigenvalue weighted by atomic mass is 16.5. The van der Waals surface area contributed by atoms with Gasteiger partial charge in [0.1, 0.15) is 11.6 Å². The van der Waals surface area contributed by atoms with Crippen molar-refractivity contribution in [2.75, 3.05) is 13.2 Å². The summed E-state index contributed by atoms with van der Waals surface area (Å²) >= 11 is 0. The number of rotatable bonds is 11. The number of carbonyl (C=O) groups excluding carboxylic acids is 1. The Morgan fingerprint density at radius 3 is 2.44 bits per heavy atom. The number of benzene rings is 4. The molecule has 198 valence electrons. The molecule has 1 aromatic heterocycles. The minimum Gasteiger partial charge on any atom is -0.493 e. The Bertz CT molecular complexity index is 1540. The second-order valence-electron chi connectivity index (χ2n) is 9.98. The molecule has 1 amide bonds. The summed E-state index contributed by atoms with van der Waals surface area (Å²) in [4.78, 5) is 17.5. The van der Waals surface area contributed by atoms with E-state index in [0.29, 0.717) is 26.0 Å². The van der Waals surface area contributed by atoms with Crippen LogP contribution < -0.4 is 10.1 Å². The highest BCUT2D eigenvalue weighted by Gasteiger charge is 2.12. The number of imidazole rings is 1. The van der Waals surface area contributed by atoms with E-state index in [1.807, 2.05) is 48.5 Å². The monoisotopic (exact) mass is 517 g/mol. The zero-order valence-corrected chi connectivity index (χ0v) is 22.7. The van der Waals surface area contributed by atoms with Crippen molar-refractivity contribution in [1.29, 1.82) is 0 Å². The average molecular weight is 518 g/mol. The second kappa shape index (κ2) is 12.4. The van der Waals surface area contributed by atoms with Gasteiger partial charge < -0.3 is 14.6 Å². The molecule has 5 rings (SSSR count). The normalized spacial score (nSPS) is 11.0. The molecule has 0 radical (unpaired) electrons. The summed E-state index contributed by atoms with van der Waals surface area (Å²) in [6.07, 6.45) is 1.90. The van der Waals surface area contributed by atoms with Crippen LogP contribution in [0.25, 0.3) is 22.2 Å². The Morgan fingerprint density at radius 1 is 0.872 bits per heavy atom. The lowest BCUT2D eigenvalue weighted by Gasteiger charge is -2.12. The van der Waals surface area contributed by atoms with Crippen LogP contribution in [0, 0.1) is 13.8 Å². The van der Waals surface area contributed by atoms with E-state index in [-0.39, 0.29) is 5.91 Å². The molecule has 0 unspecified atom stereocenters. The summed E-state index contributed by atoms with van der Waals surface area (Å²) in [5.74, 6) is 1.95. The largest absolute Gasteiger partial charge is 0.493 e. The van der Waals surface area contributed by atoms with Crippen LogP contribution in [0.4, 0.5) is 0 Å². The first-order valence-corrected chi connectivity index (χ1v) is 13.6. The Labute approximate surface area is 230 Å². The molecule has 39 heavy (non-hydrogen) atoms. The van der Waals surface area contributed by atoms with Gasteiger partial charge >= 0.3 is 0 Å². The van der Waals surface area contributed by atoms with Gasteiger partial charge in [0.25, 0.3) is 0 Å². The molecule has 0 saturated heterocycles. The third-order valence-corrected chi connectivity index (χ3v) is 6.96. The van der Waals surface area contributed by atoms with Crippen LogP contribution in [-0.2, 0) is 24.2 Å². The van der Waals surface area contributed by atoms with Gasteiger partial charge in [-0.3, -0.25) is 4.79 Å². The summed E-state index contributed by atoms with van der Waals surface area (Å²) in [6, 6.07) is 33.0. The molecule has 0 aliphatic heterocycles. The van der Waals surface area contributed by atoms with Gasteiger partial charge in [0.15, 0.2) is 0 Å². The lowest BCUT2D eigenvalue weighted by molar-refractivity contribution is -0.120. The van der Waals surface area contributed by atoms with Crippen molar-refractivity contribution in [3.63, 3.8) is 0 Å². The first-order chi connectivity index (χ1) is 19.1. The number of amides is 1. The van der Waals surface area contributed by atoms with Crippen molar-refractivity contribution in [3.8, 4) is 16.9 Å². The molecule has 0 spiro atoms. The number of nitrogens with zero attached hydrogens (tertiary/aromatic N) is 2. The molecule has 0 atom stereocenters. The Balaban J connectivity index is 1.15. The second-order valence-corrected chi connectivity index (χ2v) is 9.98. The Morgan fingerprint density at radius 2 is 1.62 bits per heavy atom. The van der Waals surface area contributed by atoms with E-state index >= 15 is 0 Å². The highest BCUT2D eigenvalue weighted by molar-refractivity contribution is 5.79. The van der Waals surface area contributed by atoms with Gasteiger partial charge in [0.2, 0.25) is 5.91 Å². The van der Waals surface area contributed by atoms with E-state index in [2.05, 4.69) is 72.3 Å². The minimum absolute atomic E-state index is 0.0204. The quantitative estimate of drug-likeness (QED) is 0.199. The maximum Gasteiger partial charge on any atom is 0.224 e. The van der Waals surface area contributed by atoms with Gasteiger partial charge in [-0.05, 0) is 66.3 Å². The summed E-state index contributed by atoms with van der Waals surface area (Å²) in [6.45, 7) is 6.14. The lowest BCUT2D eigenvalue weighted by Crippen LogP contribution is -2.28. The van der Waals surface area contributed by atoms with Crippen LogP contribution in [0.5, 0.6) is 5.75 Å². The Hall–Kier alpha value is -4.38. The van der Waals surface area contributed by atoms with E-state index in [9.17, 15) is 4.79 Å². The number of fused-ring (bicyclic) bond motifs is 1. The van der Waals surface area contributed by atoms with Gasteiger partial charge in [0.05, 0.1) is 24.1 Å². The molecule has 0 aliphatic carbocycles. The fraction of sp³-hybridized carbons (Fsp3) is 0.235. The van der Waals surface area contributed by atoms with E-state index in [0.717, 1.165) is 52.3 Å². The summed E-state index contributed by atoms with van der Waals surface area (Å²) in [5.41, 5.74) is 7.77. The van der Waals surface area contributed by atoms with Crippen LogP contribution in [0.15, 0.2) is 97.1 Å². The number of aromatic nitrogens is 2. The third-order valence-electron chi connectivity index (χ3n) is 6.96. The fourth-order valence-electron chi connectivity index (χ4n) is 4.84. The Kier molecular flexibility index (Phi) is 8.37. The number of carbonyl (C=O) groups is 1. The zero-order valence-electron chi connectivity index (χ0n) is 22.7. The van der Waals surface area contributed by atoms with Crippen molar-refractivity contribution in [2.45, 2.75) is 39.7 Å². The molecule has 0 saturated carbocycles. The van der Waals surface area contributed by atoms with Crippen molar-refractivity contribution >= 4 is 16.9 Å². The zero-order chi connectivity index (χ0) is 27.0. The first kappa shape index (κ1) is 26.2. The SMILES string of the molecule is Cc1ccc(C)c(OCCCn2c(CCNC(=O)Cc3ccc(-c4ccccc4)cc3)nc3ccccc32)c1. The molecule has 0 aliphatic rings. The molecule has 5 aromatic rings. The maximum absolute atomic E-state index is 12.7. The molecule has 1 heterocycles. The summed E-state index contributed by atoms with van der Waals surface area (Å²) in [5, 5.41) is 3.08. The van der Waals surface area contributed by atoms with E-state index in [1.165, 1.54) is 11.1 Å². The van der Waals surface area contributed by atoms with Gasteiger partial charge in [0, 0.05) is 19.5 Å². The fourth-order valence-corrected chi connectivity index (χ4v) is 4.84. The molecule has 1 N–H and O–H groups in total. The molecule has 5 heteroatoms. The maximum atomic E-state index is 12.7. The van der Waals surface area contributed by atoms with Crippen molar-refractivity contribution < 1.29 is 9.53 Å². The smallest absolute Gasteiger partial charge is 0.224 e. The van der Waals surface area contributed by atoms with E-state index in [1.54, 1.807) is 0 Å². The number of hydrogen-bond acceptors (Lipinski definition) is 3. The van der Waals surface area contributed by atoms with Crippen molar-refractivity contribution in [2.24, 2.45) is 0 Å². The predicted octanol–water partition coefficient (Wildman–Crippen LogP) is 6.69.